The van der Waals surface area contributed by atoms with Gasteiger partial charge in [0.2, 0.25) is 0 Å². The Morgan fingerprint density at radius 1 is 1.04 bits per heavy atom. The van der Waals surface area contributed by atoms with E-state index in [2.05, 4.69) is 20.6 Å². The lowest BCUT2D eigenvalue weighted by atomic mass is 10.2. The third kappa shape index (κ3) is 4.41. The summed E-state index contributed by atoms with van der Waals surface area (Å²) in [5.74, 6) is 0.644. The van der Waals surface area contributed by atoms with E-state index in [0.717, 1.165) is 0 Å². The lowest BCUT2D eigenvalue weighted by molar-refractivity contribution is 0.102. The summed E-state index contributed by atoms with van der Waals surface area (Å²) in [5, 5.41) is 6.88. The van der Waals surface area contributed by atoms with Crippen LogP contribution in [0.3, 0.4) is 0 Å². The average molecular weight is 389 g/mol. The number of nitrogens with zero attached hydrogens (tertiary/aromatic N) is 2. The minimum absolute atomic E-state index is 0.198. The van der Waals surface area contributed by atoms with E-state index in [-0.39, 0.29) is 11.6 Å². The van der Waals surface area contributed by atoms with Crippen molar-refractivity contribution >= 4 is 46.3 Å². The van der Waals surface area contributed by atoms with Crippen LogP contribution in [0.1, 0.15) is 10.5 Å². The van der Waals surface area contributed by atoms with Gasteiger partial charge in [0.25, 0.3) is 5.91 Å². The van der Waals surface area contributed by atoms with Gasteiger partial charge in [-0.05, 0) is 36.4 Å². The van der Waals surface area contributed by atoms with Crippen LogP contribution in [-0.4, -0.2) is 23.0 Å². The molecule has 1 heterocycles. The number of methoxy groups -OCH3 is 1. The van der Waals surface area contributed by atoms with Crippen molar-refractivity contribution in [2.45, 2.75) is 0 Å². The predicted molar refractivity (Wildman–Crippen MR) is 103 cm³/mol. The van der Waals surface area contributed by atoms with Crippen LogP contribution in [0.15, 0.2) is 54.9 Å². The maximum absolute atomic E-state index is 12.4. The molecule has 3 aromatic rings. The summed E-state index contributed by atoms with van der Waals surface area (Å²) in [4.78, 5) is 20.5. The zero-order valence-electron chi connectivity index (χ0n) is 13.7. The van der Waals surface area contributed by atoms with Crippen molar-refractivity contribution in [3.63, 3.8) is 0 Å². The number of nitrogens with one attached hydrogen (secondary N) is 2. The van der Waals surface area contributed by atoms with Gasteiger partial charge in [0.05, 0.1) is 12.8 Å². The number of rotatable bonds is 5. The second-order valence-corrected chi connectivity index (χ2v) is 6.10. The number of halogens is 2. The van der Waals surface area contributed by atoms with Gasteiger partial charge in [-0.25, -0.2) is 9.97 Å². The Morgan fingerprint density at radius 3 is 2.62 bits per heavy atom. The van der Waals surface area contributed by atoms with E-state index < -0.39 is 0 Å². The SMILES string of the molecule is COc1ccc(Cl)cc1Nc1cc(C(=O)Nc2cccc(Cl)c2)ncn1. The molecule has 0 spiro atoms. The molecule has 0 aliphatic rings. The predicted octanol–water partition coefficient (Wildman–Crippen LogP) is 4.79. The molecular formula is C18H14Cl2N4O2. The highest BCUT2D eigenvalue weighted by Crippen LogP contribution is 2.30. The molecule has 8 heteroatoms. The number of anilines is 3. The third-order valence-corrected chi connectivity index (χ3v) is 3.88. The average Bonchev–Trinajstić information content (AvgIpc) is 2.62. The first kappa shape index (κ1) is 18.0. The summed E-state index contributed by atoms with van der Waals surface area (Å²) in [6.45, 7) is 0. The first-order chi connectivity index (χ1) is 12.5. The van der Waals surface area contributed by atoms with E-state index in [1.165, 1.54) is 12.4 Å². The molecule has 0 atom stereocenters. The van der Waals surface area contributed by atoms with Gasteiger partial charge in [-0.15, -0.1) is 0 Å². The van der Waals surface area contributed by atoms with Crippen LogP contribution in [0.25, 0.3) is 0 Å². The van der Waals surface area contributed by atoms with E-state index >= 15 is 0 Å². The zero-order chi connectivity index (χ0) is 18.5. The Kier molecular flexibility index (Phi) is 5.55. The van der Waals surface area contributed by atoms with Crippen molar-refractivity contribution in [3.05, 3.63) is 70.6 Å². The molecule has 6 nitrogen and oxygen atoms in total. The number of hydrogen-bond acceptors (Lipinski definition) is 5. The minimum atomic E-state index is -0.379. The van der Waals surface area contributed by atoms with Gasteiger partial charge in [0.1, 0.15) is 23.6 Å². The van der Waals surface area contributed by atoms with Crippen molar-refractivity contribution in [3.8, 4) is 5.75 Å². The smallest absolute Gasteiger partial charge is 0.274 e. The molecule has 1 amide bonds. The minimum Gasteiger partial charge on any atom is -0.495 e. The molecule has 26 heavy (non-hydrogen) atoms. The lowest BCUT2D eigenvalue weighted by Crippen LogP contribution is -2.14. The summed E-state index contributed by atoms with van der Waals surface area (Å²) in [6.07, 6.45) is 1.30. The Balaban J connectivity index is 1.80. The molecule has 0 aliphatic heterocycles. The fourth-order valence-electron chi connectivity index (χ4n) is 2.23. The van der Waals surface area contributed by atoms with Crippen LogP contribution in [0, 0.1) is 0 Å². The standard InChI is InChI=1S/C18H14Cl2N4O2/c1-26-16-6-5-12(20)8-14(16)24-17-9-15(21-10-22-17)18(25)23-13-4-2-3-11(19)7-13/h2-10H,1H3,(H,23,25)(H,21,22,24). The highest BCUT2D eigenvalue weighted by Gasteiger charge is 2.11. The van der Waals surface area contributed by atoms with Crippen molar-refractivity contribution in [1.29, 1.82) is 0 Å². The van der Waals surface area contributed by atoms with E-state index in [4.69, 9.17) is 27.9 Å². The van der Waals surface area contributed by atoms with Crippen LogP contribution in [0.2, 0.25) is 10.0 Å². The van der Waals surface area contributed by atoms with Crippen LogP contribution in [-0.2, 0) is 0 Å². The van der Waals surface area contributed by atoms with Crippen LogP contribution in [0.4, 0.5) is 17.2 Å². The Labute approximate surface area is 160 Å². The highest BCUT2D eigenvalue weighted by molar-refractivity contribution is 6.31. The maximum atomic E-state index is 12.4. The molecule has 132 valence electrons. The van der Waals surface area contributed by atoms with Crippen LogP contribution in [0.5, 0.6) is 5.75 Å². The van der Waals surface area contributed by atoms with Crippen molar-refractivity contribution in [2.75, 3.05) is 17.7 Å². The number of carbonyl (C=O) groups excluding carboxylic acids is 1. The molecule has 2 aromatic carbocycles. The number of hydrogen-bond donors (Lipinski definition) is 2. The van der Waals surface area contributed by atoms with E-state index in [0.29, 0.717) is 33.0 Å². The van der Waals surface area contributed by atoms with E-state index in [1.807, 2.05) is 0 Å². The van der Waals surface area contributed by atoms with Gasteiger partial charge in [0, 0.05) is 21.8 Å². The fraction of sp³-hybridized carbons (Fsp3) is 0.0556. The van der Waals surface area contributed by atoms with Gasteiger partial charge in [-0.1, -0.05) is 29.3 Å². The molecule has 0 unspecified atom stereocenters. The number of ether oxygens (including phenoxy) is 1. The molecule has 2 N–H and O–H groups in total. The molecule has 0 fully saturated rings. The fourth-order valence-corrected chi connectivity index (χ4v) is 2.59. The molecule has 0 radical (unpaired) electrons. The normalized spacial score (nSPS) is 10.3. The highest BCUT2D eigenvalue weighted by atomic mass is 35.5. The Hall–Kier alpha value is -2.83. The van der Waals surface area contributed by atoms with E-state index in [1.54, 1.807) is 49.6 Å². The number of amides is 1. The van der Waals surface area contributed by atoms with Gasteiger partial charge in [0.15, 0.2) is 0 Å². The third-order valence-electron chi connectivity index (χ3n) is 3.41. The van der Waals surface area contributed by atoms with Gasteiger partial charge in [-0.2, -0.15) is 0 Å². The second-order valence-electron chi connectivity index (χ2n) is 5.22. The summed E-state index contributed by atoms with van der Waals surface area (Å²) in [6, 6.07) is 13.5. The second kappa shape index (κ2) is 8.03. The molecule has 0 aliphatic carbocycles. The summed E-state index contributed by atoms with van der Waals surface area (Å²) in [5.41, 5.74) is 1.40. The Morgan fingerprint density at radius 2 is 1.85 bits per heavy atom. The van der Waals surface area contributed by atoms with Crippen molar-refractivity contribution in [1.82, 2.24) is 9.97 Å². The number of carbonyl (C=O) groups is 1. The Bertz CT molecular complexity index is 950. The topological polar surface area (TPSA) is 76.1 Å². The van der Waals surface area contributed by atoms with Gasteiger partial charge in [-0.3, -0.25) is 4.79 Å². The molecule has 0 bridgehead atoms. The first-order valence-electron chi connectivity index (χ1n) is 7.54. The van der Waals surface area contributed by atoms with Crippen molar-refractivity contribution in [2.24, 2.45) is 0 Å². The summed E-state index contributed by atoms with van der Waals surface area (Å²) in [7, 11) is 1.55. The van der Waals surface area contributed by atoms with E-state index in [9.17, 15) is 4.79 Å². The molecule has 0 saturated heterocycles. The quantitative estimate of drug-likeness (QED) is 0.656. The first-order valence-corrected chi connectivity index (χ1v) is 8.30. The largest absolute Gasteiger partial charge is 0.495 e. The summed E-state index contributed by atoms with van der Waals surface area (Å²) < 4.78 is 5.28. The van der Waals surface area contributed by atoms with Crippen LogP contribution < -0.4 is 15.4 Å². The number of benzene rings is 2. The molecule has 3 rings (SSSR count). The molecule has 1 aromatic heterocycles. The van der Waals surface area contributed by atoms with Gasteiger partial charge >= 0.3 is 0 Å². The monoisotopic (exact) mass is 388 g/mol. The number of aromatic nitrogens is 2. The molecular weight excluding hydrogens is 375 g/mol. The van der Waals surface area contributed by atoms with Crippen LogP contribution >= 0.6 is 23.2 Å². The maximum Gasteiger partial charge on any atom is 0.274 e. The van der Waals surface area contributed by atoms with Crippen molar-refractivity contribution < 1.29 is 9.53 Å². The zero-order valence-corrected chi connectivity index (χ0v) is 15.2. The molecule has 0 saturated carbocycles. The van der Waals surface area contributed by atoms with Gasteiger partial charge < -0.3 is 15.4 Å². The summed E-state index contributed by atoms with van der Waals surface area (Å²) >= 11 is 11.9. The lowest BCUT2D eigenvalue weighted by Gasteiger charge is -2.11.